The minimum absolute atomic E-state index is 0.0929. The van der Waals surface area contributed by atoms with Crippen molar-refractivity contribution in [1.29, 1.82) is 0 Å². The quantitative estimate of drug-likeness (QED) is 0.674. The number of alkyl halides is 3. The molecule has 0 aliphatic rings. The topological polar surface area (TPSA) is 50.7 Å². The van der Waals surface area contributed by atoms with E-state index in [4.69, 9.17) is 34.8 Å². The molecule has 0 aliphatic heterocycles. The molecule has 0 radical (unpaired) electrons. The SMILES string of the molecule is CSc1nc(Nc2ccccc2)nc(C(Cl)(Cl)Cl)n1. The second-order valence-electron chi connectivity index (χ2n) is 3.46. The van der Waals surface area contributed by atoms with Crippen molar-refractivity contribution in [2.24, 2.45) is 0 Å². The van der Waals surface area contributed by atoms with Crippen LogP contribution in [0.2, 0.25) is 0 Å². The second-order valence-corrected chi connectivity index (χ2v) is 6.51. The van der Waals surface area contributed by atoms with Gasteiger partial charge < -0.3 is 5.32 Å². The van der Waals surface area contributed by atoms with E-state index in [-0.39, 0.29) is 5.82 Å². The molecule has 19 heavy (non-hydrogen) atoms. The first-order chi connectivity index (χ1) is 8.99. The van der Waals surface area contributed by atoms with Crippen molar-refractivity contribution < 1.29 is 0 Å². The Labute approximate surface area is 129 Å². The Balaban J connectivity index is 2.35. The number of thioether (sulfide) groups is 1. The highest BCUT2D eigenvalue weighted by Crippen LogP contribution is 2.36. The number of aromatic nitrogens is 3. The molecule has 100 valence electrons. The van der Waals surface area contributed by atoms with Crippen molar-refractivity contribution >= 4 is 58.2 Å². The lowest BCUT2D eigenvalue weighted by molar-refractivity contribution is 0.834. The summed E-state index contributed by atoms with van der Waals surface area (Å²) in [4.78, 5) is 12.4. The maximum atomic E-state index is 5.80. The third kappa shape index (κ3) is 4.11. The van der Waals surface area contributed by atoms with Crippen molar-refractivity contribution in [3.05, 3.63) is 36.2 Å². The predicted octanol–water partition coefficient (Wildman–Crippen LogP) is 4.16. The Morgan fingerprint density at radius 2 is 1.74 bits per heavy atom. The molecule has 8 heteroatoms. The van der Waals surface area contributed by atoms with Gasteiger partial charge in [-0.05, 0) is 18.4 Å². The van der Waals surface area contributed by atoms with E-state index in [1.807, 2.05) is 36.6 Å². The van der Waals surface area contributed by atoms with E-state index in [0.717, 1.165) is 5.69 Å². The first-order valence-electron chi connectivity index (χ1n) is 5.18. The Bertz CT molecular complexity index is 560. The number of nitrogens with zero attached hydrogens (tertiary/aromatic N) is 3. The highest BCUT2D eigenvalue weighted by atomic mass is 35.6. The Morgan fingerprint density at radius 1 is 1.05 bits per heavy atom. The van der Waals surface area contributed by atoms with Crippen LogP contribution in [0, 0.1) is 0 Å². The molecule has 0 unspecified atom stereocenters. The lowest BCUT2D eigenvalue weighted by Gasteiger charge is -2.12. The zero-order valence-corrected chi connectivity index (χ0v) is 12.9. The predicted molar refractivity (Wildman–Crippen MR) is 80.6 cm³/mol. The van der Waals surface area contributed by atoms with Crippen LogP contribution in [0.4, 0.5) is 11.6 Å². The number of benzene rings is 1. The first kappa shape index (κ1) is 14.7. The van der Waals surface area contributed by atoms with Crippen molar-refractivity contribution in [2.75, 3.05) is 11.6 Å². The molecule has 2 aromatic rings. The number of para-hydroxylation sites is 1. The van der Waals surface area contributed by atoms with E-state index < -0.39 is 3.79 Å². The molecular weight excluding hydrogens is 327 g/mol. The van der Waals surface area contributed by atoms with Gasteiger partial charge >= 0.3 is 0 Å². The Hall–Kier alpha value is -0.750. The second kappa shape index (κ2) is 6.13. The number of hydrogen-bond acceptors (Lipinski definition) is 5. The lowest BCUT2D eigenvalue weighted by Crippen LogP contribution is -2.11. The zero-order chi connectivity index (χ0) is 13.9. The molecule has 1 aromatic heterocycles. The van der Waals surface area contributed by atoms with Gasteiger partial charge in [0, 0.05) is 5.69 Å². The molecule has 0 bridgehead atoms. The van der Waals surface area contributed by atoms with Gasteiger partial charge in [-0.25, -0.2) is 4.98 Å². The van der Waals surface area contributed by atoms with E-state index in [1.54, 1.807) is 0 Å². The largest absolute Gasteiger partial charge is 0.324 e. The molecule has 0 atom stereocenters. The Morgan fingerprint density at radius 3 is 2.32 bits per heavy atom. The van der Waals surface area contributed by atoms with Crippen LogP contribution in [0.1, 0.15) is 5.82 Å². The van der Waals surface area contributed by atoms with Gasteiger partial charge in [-0.15, -0.1) is 0 Å². The average Bonchev–Trinajstić information content (AvgIpc) is 2.38. The summed E-state index contributed by atoms with van der Waals surface area (Å²) >= 11 is 18.8. The maximum absolute atomic E-state index is 5.80. The van der Waals surface area contributed by atoms with Crippen LogP contribution < -0.4 is 5.32 Å². The molecule has 0 saturated heterocycles. The van der Waals surface area contributed by atoms with Crippen molar-refractivity contribution in [2.45, 2.75) is 8.95 Å². The fourth-order valence-electron chi connectivity index (χ4n) is 1.28. The molecule has 4 nitrogen and oxygen atoms in total. The molecule has 0 aliphatic carbocycles. The molecule has 1 aromatic carbocycles. The molecular formula is C11H9Cl3N4S. The molecule has 1 heterocycles. The normalized spacial score (nSPS) is 11.4. The van der Waals surface area contributed by atoms with Crippen molar-refractivity contribution in [3.8, 4) is 0 Å². The van der Waals surface area contributed by atoms with Gasteiger partial charge in [0.1, 0.15) is 0 Å². The summed E-state index contributed by atoms with van der Waals surface area (Å²) in [7, 11) is 0. The number of anilines is 2. The van der Waals surface area contributed by atoms with Crippen LogP contribution >= 0.6 is 46.6 Å². The summed E-state index contributed by atoms with van der Waals surface area (Å²) in [6, 6.07) is 9.48. The maximum Gasteiger partial charge on any atom is 0.250 e. The van der Waals surface area contributed by atoms with Crippen LogP contribution in [-0.4, -0.2) is 21.2 Å². The number of rotatable bonds is 3. The lowest BCUT2D eigenvalue weighted by atomic mass is 10.3. The van der Waals surface area contributed by atoms with Gasteiger partial charge in [-0.3, -0.25) is 0 Å². The Kier molecular flexibility index (Phi) is 4.73. The van der Waals surface area contributed by atoms with Gasteiger partial charge in [-0.1, -0.05) is 64.8 Å². The van der Waals surface area contributed by atoms with Crippen molar-refractivity contribution in [3.63, 3.8) is 0 Å². The molecule has 0 amide bonds. The average molecular weight is 336 g/mol. The first-order valence-corrected chi connectivity index (χ1v) is 7.54. The third-order valence-electron chi connectivity index (χ3n) is 2.08. The standard InChI is InChI=1S/C11H9Cl3N4S/c1-19-10-17-8(11(12,13)14)16-9(18-10)15-7-5-3-2-4-6-7/h2-6H,1H3,(H,15,16,17,18). The van der Waals surface area contributed by atoms with E-state index in [2.05, 4.69) is 20.3 Å². The van der Waals surface area contributed by atoms with Gasteiger partial charge in [0.25, 0.3) is 0 Å². The summed E-state index contributed by atoms with van der Waals surface area (Å²) in [6.07, 6.45) is 1.84. The van der Waals surface area contributed by atoms with Crippen LogP contribution in [0.3, 0.4) is 0 Å². The van der Waals surface area contributed by atoms with Gasteiger partial charge in [-0.2, -0.15) is 9.97 Å². The smallest absolute Gasteiger partial charge is 0.250 e. The summed E-state index contributed by atoms with van der Waals surface area (Å²) in [5.41, 5.74) is 0.844. The minimum atomic E-state index is -1.68. The van der Waals surface area contributed by atoms with E-state index >= 15 is 0 Å². The van der Waals surface area contributed by atoms with Crippen LogP contribution in [-0.2, 0) is 3.79 Å². The van der Waals surface area contributed by atoms with E-state index in [1.165, 1.54) is 11.8 Å². The highest BCUT2D eigenvalue weighted by Gasteiger charge is 2.28. The summed E-state index contributed by atoms with van der Waals surface area (Å²) < 4.78 is -1.68. The number of nitrogens with one attached hydrogen (secondary N) is 1. The fourth-order valence-corrected chi connectivity index (χ4v) is 1.89. The summed E-state index contributed by atoms with van der Waals surface area (Å²) in [5, 5.41) is 3.52. The van der Waals surface area contributed by atoms with Crippen molar-refractivity contribution in [1.82, 2.24) is 15.0 Å². The minimum Gasteiger partial charge on any atom is -0.324 e. The molecule has 0 spiro atoms. The van der Waals surface area contributed by atoms with Gasteiger partial charge in [0.2, 0.25) is 9.74 Å². The molecule has 0 fully saturated rings. The molecule has 2 rings (SSSR count). The molecule has 0 saturated carbocycles. The monoisotopic (exact) mass is 334 g/mol. The third-order valence-corrected chi connectivity index (χ3v) is 3.14. The van der Waals surface area contributed by atoms with E-state index in [0.29, 0.717) is 11.1 Å². The van der Waals surface area contributed by atoms with Crippen LogP contribution in [0.15, 0.2) is 35.5 Å². The number of hydrogen-bond donors (Lipinski definition) is 1. The fraction of sp³-hybridized carbons (Fsp3) is 0.182. The summed E-state index contributed by atoms with van der Waals surface area (Å²) in [6.45, 7) is 0. The van der Waals surface area contributed by atoms with Gasteiger partial charge in [0.05, 0.1) is 0 Å². The molecule has 1 N–H and O–H groups in total. The van der Waals surface area contributed by atoms with Gasteiger partial charge in [0.15, 0.2) is 11.0 Å². The van der Waals surface area contributed by atoms with E-state index in [9.17, 15) is 0 Å². The zero-order valence-electron chi connectivity index (χ0n) is 9.77. The van der Waals surface area contributed by atoms with Crippen LogP contribution in [0.25, 0.3) is 0 Å². The summed E-state index contributed by atoms with van der Waals surface area (Å²) in [5.74, 6) is 0.433. The highest BCUT2D eigenvalue weighted by molar-refractivity contribution is 7.98. The van der Waals surface area contributed by atoms with Crippen LogP contribution in [0.5, 0.6) is 0 Å². The number of halogens is 3.